The Labute approximate surface area is 105 Å². The SMILES string of the molecule is CC(C)C[C@H](NC(=O)CCCCBr)C(=O)O. The average Bonchev–Trinajstić information content (AvgIpc) is 2.16. The first kappa shape index (κ1) is 15.4. The van der Waals surface area contributed by atoms with Gasteiger partial charge in [0.2, 0.25) is 5.91 Å². The number of hydrogen-bond acceptors (Lipinski definition) is 2. The molecule has 1 atom stereocenters. The van der Waals surface area contributed by atoms with Gasteiger partial charge in [-0.15, -0.1) is 0 Å². The van der Waals surface area contributed by atoms with Gasteiger partial charge < -0.3 is 10.4 Å². The van der Waals surface area contributed by atoms with Gasteiger partial charge in [-0.1, -0.05) is 29.8 Å². The second kappa shape index (κ2) is 8.56. The van der Waals surface area contributed by atoms with Crippen LogP contribution >= 0.6 is 15.9 Å². The van der Waals surface area contributed by atoms with E-state index in [-0.39, 0.29) is 11.8 Å². The summed E-state index contributed by atoms with van der Waals surface area (Å²) >= 11 is 3.28. The van der Waals surface area contributed by atoms with Gasteiger partial charge in [0.1, 0.15) is 6.04 Å². The molecular weight excluding hydrogens is 274 g/mol. The van der Waals surface area contributed by atoms with Crippen molar-refractivity contribution in [1.29, 1.82) is 0 Å². The molecule has 0 heterocycles. The third-order valence-corrected chi connectivity index (χ3v) is 2.69. The van der Waals surface area contributed by atoms with Crippen LogP contribution in [0.4, 0.5) is 0 Å². The van der Waals surface area contributed by atoms with Gasteiger partial charge in [0.25, 0.3) is 0 Å². The van der Waals surface area contributed by atoms with E-state index in [9.17, 15) is 9.59 Å². The number of nitrogens with one attached hydrogen (secondary N) is 1. The molecule has 0 saturated heterocycles. The Hall–Kier alpha value is -0.580. The van der Waals surface area contributed by atoms with E-state index in [2.05, 4.69) is 21.2 Å². The predicted octanol–water partition coefficient (Wildman–Crippen LogP) is 2.17. The molecule has 0 spiro atoms. The smallest absolute Gasteiger partial charge is 0.326 e. The van der Waals surface area contributed by atoms with Crippen molar-refractivity contribution in [3.8, 4) is 0 Å². The maximum Gasteiger partial charge on any atom is 0.326 e. The van der Waals surface area contributed by atoms with Gasteiger partial charge in [0, 0.05) is 11.8 Å². The van der Waals surface area contributed by atoms with Gasteiger partial charge in [-0.2, -0.15) is 0 Å². The van der Waals surface area contributed by atoms with Crippen LogP contribution in [-0.2, 0) is 9.59 Å². The molecule has 0 fully saturated rings. The molecule has 0 aromatic heterocycles. The Bertz CT molecular complexity index is 231. The van der Waals surface area contributed by atoms with Crippen LogP contribution < -0.4 is 5.32 Å². The third-order valence-electron chi connectivity index (χ3n) is 2.13. The summed E-state index contributed by atoms with van der Waals surface area (Å²) < 4.78 is 0. The normalized spacial score (nSPS) is 12.5. The van der Waals surface area contributed by atoms with Crippen molar-refractivity contribution >= 4 is 27.8 Å². The number of carbonyl (C=O) groups excluding carboxylic acids is 1. The molecule has 0 aromatic rings. The van der Waals surface area contributed by atoms with E-state index in [4.69, 9.17) is 5.11 Å². The first-order chi connectivity index (χ1) is 7.47. The molecule has 5 heteroatoms. The lowest BCUT2D eigenvalue weighted by Crippen LogP contribution is -2.41. The van der Waals surface area contributed by atoms with E-state index in [1.807, 2.05) is 13.8 Å². The number of rotatable bonds is 8. The van der Waals surface area contributed by atoms with Crippen LogP contribution in [0, 0.1) is 5.92 Å². The first-order valence-corrected chi connectivity index (χ1v) is 6.67. The fourth-order valence-electron chi connectivity index (χ4n) is 1.34. The zero-order valence-electron chi connectivity index (χ0n) is 9.83. The van der Waals surface area contributed by atoms with Crippen LogP contribution in [0.15, 0.2) is 0 Å². The maximum atomic E-state index is 11.4. The Morgan fingerprint density at radius 1 is 1.31 bits per heavy atom. The Morgan fingerprint density at radius 3 is 2.38 bits per heavy atom. The average molecular weight is 294 g/mol. The number of carboxylic acid groups (broad SMARTS) is 1. The van der Waals surface area contributed by atoms with Crippen LogP contribution in [-0.4, -0.2) is 28.4 Å². The minimum absolute atomic E-state index is 0.172. The Morgan fingerprint density at radius 2 is 1.94 bits per heavy atom. The molecule has 0 aliphatic rings. The van der Waals surface area contributed by atoms with Gasteiger partial charge in [-0.25, -0.2) is 4.79 Å². The molecule has 16 heavy (non-hydrogen) atoms. The summed E-state index contributed by atoms with van der Waals surface area (Å²) in [5, 5.41) is 12.3. The number of halogens is 1. The summed E-state index contributed by atoms with van der Waals surface area (Å²) in [5.74, 6) is -0.875. The van der Waals surface area contributed by atoms with Crippen molar-refractivity contribution in [2.24, 2.45) is 5.92 Å². The van der Waals surface area contributed by atoms with Crippen molar-refractivity contribution in [2.75, 3.05) is 5.33 Å². The van der Waals surface area contributed by atoms with Gasteiger partial charge in [0.05, 0.1) is 0 Å². The molecule has 0 saturated carbocycles. The van der Waals surface area contributed by atoms with E-state index >= 15 is 0 Å². The lowest BCUT2D eigenvalue weighted by molar-refractivity contribution is -0.142. The predicted molar refractivity (Wildman–Crippen MR) is 66.7 cm³/mol. The van der Waals surface area contributed by atoms with E-state index in [1.165, 1.54) is 0 Å². The number of carbonyl (C=O) groups is 2. The fourth-order valence-corrected chi connectivity index (χ4v) is 1.74. The van der Waals surface area contributed by atoms with Gasteiger partial charge in [0.15, 0.2) is 0 Å². The number of unbranched alkanes of at least 4 members (excludes halogenated alkanes) is 1. The topological polar surface area (TPSA) is 66.4 Å². The lowest BCUT2D eigenvalue weighted by atomic mass is 10.0. The minimum atomic E-state index is -0.956. The van der Waals surface area contributed by atoms with E-state index < -0.39 is 12.0 Å². The van der Waals surface area contributed by atoms with Crippen LogP contribution in [0.3, 0.4) is 0 Å². The molecule has 0 aromatic carbocycles. The molecule has 0 aliphatic heterocycles. The number of amides is 1. The molecule has 4 nitrogen and oxygen atoms in total. The van der Waals surface area contributed by atoms with Gasteiger partial charge in [-0.3, -0.25) is 4.79 Å². The van der Waals surface area contributed by atoms with Crippen molar-refractivity contribution in [2.45, 2.75) is 45.6 Å². The lowest BCUT2D eigenvalue weighted by Gasteiger charge is -2.16. The van der Waals surface area contributed by atoms with E-state index in [0.717, 1.165) is 18.2 Å². The van der Waals surface area contributed by atoms with Gasteiger partial charge in [-0.05, 0) is 25.2 Å². The standard InChI is InChI=1S/C11H20BrNO3/c1-8(2)7-9(11(15)16)13-10(14)5-3-4-6-12/h8-9H,3-7H2,1-2H3,(H,13,14)(H,15,16)/t9-/m0/s1. The number of hydrogen-bond donors (Lipinski definition) is 2. The van der Waals surface area contributed by atoms with E-state index in [0.29, 0.717) is 12.8 Å². The molecule has 0 aliphatic carbocycles. The molecule has 0 unspecified atom stereocenters. The highest BCUT2D eigenvalue weighted by Gasteiger charge is 2.20. The molecule has 1 amide bonds. The molecule has 0 radical (unpaired) electrons. The second-order valence-corrected chi connectivity index (χ2v) is 5.03. The van der Waals surface area contributed by atoms with Crippen molar-refractivity contribution in [3.63, 3.8) is 0 Å². The Balaban J connectivity index is 3.98. The molecule has 94 valence electrons. The highest BCUT2D eigenvalue weighted by Crippen LogP contribution is 2.06. The summed E-state index contributed by atoms with van der Waals surface area (Å²) in [4.78, 5) is 22.3. The summed E-state index contributed by atoms with van der Waals surface area (Å²) in [5.41, 5.74) is 0. The molecular formula is C11H20BrNO3. The zero-order valence-corrected chi connectivity index (χ0v) is 11.4. The summed E-state index contributed by atoms with van der Waals surface area (Å²) in [6.07, 6.45) is 2.58. The largest absolute Gasteiger partial charge is 0.480 e. The number of alkyl halides is 1. The molecule has 0 bridgehead atoms. The molecule has 2 N–H and O–H groups in total. The van der Waals surface area contributed by atoms with Crippen LogP contribution in [0.1, 0.15) is 39.5 Å². The minimum Gasteiger partial charge on any atom is -0.480 e. The monoisotopic (exact) mass is 293 g/mol. The Kier molecular flexibility index (Phi) is 8.25. The summed E-state index contributed by atoms with van der Waals surface area (Å²) in [6.45, 7) is 3.87. The quantitative estimate of drug-likeness (QED) is 0.532. The number of aliphatic carboxylic acids is 1. The fraction of sp³-hybridized carbons (Fsp3) is 0.818. The van der Waals surface area contributed by atoms with Crippen molar-refractivity contribution < 1.29 is 14.7 Å². The second-order valence-electron chi connectivity index (χ2n) is 4.23. The van der Waals surface area contributed by atoms with E-state index in [1.54, 1.807) is 0 Å². The van der Waals surface area contributed by atoms with Crippen LogP contribution in [0.2, 0.25) is 0 Å². The van der Waals surface area contributed by atoms with Crippen LogP contribution in [0.5, 0.6) is 0 Å². The van der Waals surface area contributed by atoms with Crippen LogP contribution in [0.25, 0.3) is 0 Å². The first-order valence-electron chi connectivity index (χ1n) is 5.55. The number of carboxylic acids is 1. The van der Waals surface area contributed by atoms with Crippen molar-refractivity contribution in [3.05, 3.63) is 0 Å². The van der Waals surface area contributed by atoms with Crippen molar-refractivity contribution in [1.82, 2.24) is 5.32 Å². The van der Waals surface area contributed by atoms with Gasteiger partial charge >= 0.3 is 5.97 Å². The maximum absolute atomic E-state index is 11.4. The summed E-state index contributed by atoms with van der Waals surface area (Å²) in [6, 6.07) is -0.753. The highest BCUT2D eigenvalue weighted by molar-refractivity contribution is 9.09. The third kappa shape index (κ3) is 7.68. The molecule has 0 rings (SSSR count). The summed E-state index contributed by atoms with van der Waals surface area (Å²) in [7, 11) is 0. The zero-order chi connectivity index (χ0) is 12.6. The highest BCUT2D eigenvalue weighted by atomic mass is 79.9.